The van der Waals surface area contributed by atoms with Gasteiger partial charge in [-0.15, -0.1) is 0 Å². The largest absolute Gasteiger partial charge is 0.419 e. The summed E-state index contributed by atoms with van der Waals surface area (Å²) in [6.07, 6.45) is 1.17. The molecule has 1 atom stereocenters. The van der Waals surface area contributed by atoms with E-state index in [1.165, 1.54) is 6.26 Å². The molecule has 14 heavy (non-hydrogen) atoms. The minimum absolute atomic E-state index is 0.0778. The van der Waals surface area contributed by atoms with E-state index in [-0.39, 0.29) is 5.56 Å². The van der Waals surface area contributed by atoms with E-state index in [0.29, 0.717) is 6.42 Å². The number of rotatable bonds is 3. The monoisotopic (exact) mass is 197 g/mol. The summed E-state index contributed by atoms with van der Waals surface area (Å²) >= 11 is 0. The van der Waals surface area contributed by atoms with Crippen molar-refractivity contribution in [3.63, 3.8) is 0 Å². The maximum atomic E-state index is 13.2. The molecule has 0 aliphatic rings. The highest BCUT2D eigenvalue weighted by Crippen LogP contribution is 2.24. The number of nitriles is 1. The molecule has 0 heterocycles. The molecule has 4 heteroatoms. The van der Waals surface area contributed by atoms with Crippen molar-refractivity contribution in [2.45, 2.75) is 19.4 Å². The van der Waals surface area contributed by atoms with Gasteiger partial charge >= 0.3 is 0 Å². The van der Waals surface area contributed by atoms with Crippen LogP contribution in [-0.2, 0) is 4.74 Å². The van der Waals surface area contributed by atoms with Crippen LogP contribution in [0.25, 0.3) is 0 Å². The van der Waals surface area contributed by atoms with Gasteiger partial charge in [0.05, 0.1) is 0 Å². The first-order valence-corrected chi connectivity index (χ1v) is 4.18. The van der Waals surface area contributed by atoms with Crippen molar-refractivity contribution in [3.8, 4) is 6.26 Å². The normalized spacial score (nSPS) is 11.9. The number of nitrogens with zero attached hydrogens (tertiary/aromatic N) is 1. The molecule has 0 saturated carbocycles. The Bertz CT molecular complexity index is 360. The molecule has 0 spiro atoms. The van der Waals surface area contributed by atoms with Gasteiger partial charge in [0, 0.05) is 5.56 Å². The smallest absolute Gasteiger partial charge is 0.286 e. The van der Waals surface area contributed by atoms with E-state index < -0.39 is 17.7 Å². The lowest BCUT2D eigenvalue weighted by molar-refractivity contribution is 0.155. The Morgan fingerprint density at radius 2 is 2.21 bits per heavy atom. The van der Waals surface area contributed by atoms with Gasteiger partial charge in [-0.05, 0) is 24.6 Å². The van der Waals surface area contributed by atoms with E-state index in [1.807, 2.05) is 0 Å². The Morgan fingerprint density at radius 3 is 2.79 bits per heavy atom. The minimum atomic E-state index is -0.712. The van der Waals surface area contributed by atoms with Crippen LogP contribution in [0.15, 0.2) is 18.2 Å². The molecule has 0 amide bonds. The van der Waals surface area contributed by atoms with Crippen LogP contribution in [-0.4, -0.2) is 0 Å². The second-order valence-corrected chi connectivity index (χ2v) is 2.77. The van der Waals surface area contributed by atoms with Crippen molar-refractivity contribution < 1.29 is 13.5 Å². The summed E-state index contributed by atoms with van der Waals surface area (Å²) in [5, 5.41) is 8.30. The van der Waals surface area contributed by atoms with Gasteiger partial charge in [-0.3, -0.25) is 0 Å². The predicted octanol–water partition coefficient (Wildman–Crippen LogP) is 2.91. The highest BCUT2D eigenvalue weighted by Gasteiger charge is 2.15. The fraction of sp³-hybridized carbons (Fsp3) is 0.300. The van der Waals surface area contributed by atoms with Gasteiger partial charge in [0.1, 0.15) is 17.7 Å². The lowest BCUT2D eigenvalue weighted by atomic mass is 10.1. The van der Waals surface area contributed by atoms with Crippen LogP contribution < -0.4 is 0 Å². The summed E-state index contributed by atoms with van der Waals surface area (Å²) in [5.41, 5.74) is 0.0778. The lowest BCUT2D eigenvalue weighted by Crippen LogP contribution is -2.02. The molecular weight excluding hydrogens is 188 g/mol. The second-order valence-electron chi connectivity index (χ2n) is 2.77. The van der Waals surface area contributed by atoms with Crippen molar-refractivity contribution in [1.29, 1.82) is 5.26 Å². The van der Waals surface area contributed by atoms with E-state index in [4.69, 9.17) is 5.26 Å². The van der Waals surface area contributed by atoms with Crippen LogP contribution in [0.3, 0.4) is 0 Å². The molecule has 0 fully saturated rings. The zero-order valence-corrected chi connectivity index (χ0v) is 7.63. The van der Waals surface area contributed by atoms with Gasteiger partial charge in [-0.1, -0.05) is 6.92 Å². The Morgan fingerprint density at radius 1 is 1.50 bits per heavy atom. The fourth-order valence-corrected chi connectivity index (χ4v) is 1.19. The molecule has 1 aromatic rings. The Hall–Kier alpha value is -1.63. The van der Waals surface area contributed by atoms with Crippen LogP contribution >= 0.6 is 0 Å². The van der Waals surface area contributed by atoms with Crippen LogP contribution in [0.4, 0.5) is 8.78 Å². The average Bonchev–Trinajstić information content (AvgIpc) is 2.18. The molecule has 74 valence electrons. The first-order chi connectivity index (χ1) is 6.69. The minimum Gasteiger partial charge on any atom is -0.419 e. The summed E-state index contributed by atoms with van der Waals surface area (Å²) in [6, 6.07) is 3.09. The third kappa shape index (κ3) is 2.19. The molecule has 1 aromatic carbocycles. The molecular formula is C10H9F2NO. The van der Waals surface area contributed by atoms with Crippen LogP contribution in [0, 0.1) is 23.2 Å². The van der Waals surface area contributed by atoms with Crippen LogP contribution in [0.1, 0.15) is 25.0 Å². The molecule has 0 aromatic heterocycles. The molecule has 0 aliphatic carbocycles. The molecule has 0 N–H and O–H groups in total. The Labute approximate surface area is 80.7 Å². The third-order valence-electron chi connectivity index (χ3n) is 1.87. The Balaban J connectivity index is 3.03. The standard InChI is InChI=1S/C10H9F2NO/c1-2-10(14-6-13)8-5-7(11)3-4-9(8)12/h3-5,10H,2H2,1H3/t10-/m0/s1. The maximum Gasteiger partial charge on any atom is 0.286 e. The Kier molecular flexibility index (Phi) is 3.41. The first-order valence-electron chi connectivity index (χ1n) is 4.18. The van der Waals surface area contributed by atoms with Crippen molar-refractivity contribution >= 4 is 0 Å². The highest BCUT2D eigenvalue weighted by atomic mass is 19.1. The van der Waals surface area contributed by atoms with E-state index >= 15 is 0 Å². The number of hydrogen-bond donors (Lipinski definition) is 0. The summed E-state index contributed by atoms with van der Waals surface area (Å²) in [6.45, 7) is 1.73. The van der Waals surface area contributed by atoms with Crippen molar-refractivity contribution in [2.24, 2.45) is 0 Å². The van der Waals surface area contributed by atoms with E-state index in [1.54, 1.807) is 6.92 Å². The third-order valence-corrected chi connectivity index (χ3v) is 1.87. The number of ether oxygens (including phenoxy) is 1. The molecule has 0 radical (unpaired) electrons. The van der Waals surface area contributed by atoms with Gasteiger partial charge in [0.2, 0.25) is 0 Å². The number of hydrogen-bond acceptors (Lipinski definition) is 2. The van der Waals surface area contributed by atoms with Gasteiger partial charge in [0.25, 0.3) is 6.26 Å². The van der Waals surface area contributed by atoms with Gasteiger partial charge in [-0.2, -0.15) is 5.26 Å². The summed E-state index contributed by atoms with van der Waals surface area (Å²) in [5.74, 6) is -1.10. The zero-order valence-electron chi connectivity index (χ0n) is 7.63. The van der Waals surface area contributed by atoms with E-state index in [9.17, 15) is 8.78 Å². The molecule has 0 saturated heterocycles. The van der Waals surface area contributed by atoms with Gasteiger partial charge in [0.15, 0.2) is 0 Å². The molecule has 1 rings (SSSR count). The van der Waals surface area contributed by atoms with Crippen LogP contribution in [0.2, 0.25) is 0 Å². The molecule has 0 aliphatic heterocycles. The lowest BCUT2D eigenvalue weighted by Gasteiger charge is -2.12. The van der Waals surface area contributed by atoms with E-state index in [2.05, 4.69) is 4.74 Å². The number of benzene rings is 1. The number of halogens is 2. The quantitative estimate of drug-likeness (QED) is 0.698. The van der Waals surface area contributed by atoms with Gasteiger partial charge < -0.3 is 4.74 Å². The summed E-state index contributed by atoms with van der Waals surface area (Å²) in [7, 11) is 0. The van der Waals surface area contributed by atoms with Crippen LogP contribution in [0.5, 0.6) is 0 Å². The van der Waals surface area contributed by atoms with Crippen molar-refractivity contribution in [3.05, 3.63) is 35.4 Å². The van der Waals surface area contributed by atoms with Crippen molar-refractivity contribution in [2.75, 3.05) is 0 Å². The topological polar surface area (TPSA) is 33.0 Å². The van der Waals surface area contributed by atoms with E-state index in [0.717, 1.165) is 18.2 Å². The fourth-order valence-electron chi connectivity index (χ4n) is 1.19. The predicted molar refractivity (Wildman–Crippen MR) is 46.1 cm³/mol. The first kappa shape index (κ1) is 10.5. The molecule has 0 unspecified atom stereocenters. The van der Waals surface area contributed by atoms with Gasteiger partial charge in [-0.25, -0.2) is 8.78 Å². The SMILES string of the molecule is CC[C@H](OC#N)c1cc(F)ccc1F. The second kappa shape index (κ2) is 4.56. The summed E-state index contributed by atoms with van der Waals surface area (Å²) < 4.78 is 30.6. The summed E-state index contributed by atoms with van der Waals surface area (Å²) in [4.78, 5) is 0. The van der Waals surface area contributed by atoms with Crippen molar-refractivity contribution in [1.82, 2.24) is 0 Å². The maximum absolute atomic E-state index is 13.2. The average molecular weight is 197 g/mol. The highest BCUT2D eigenvalue weighted by molar-refractivity contribution is 5.21. The molecule has 2 nitrogen and oxygen atoms in total. The zero-order chi connectivity index (χ0) is 10.6. The molecule has 0 bridgehead atoms.